The number of aliphatic carboxylic acids is 1. The Bertz CT molecular complexity index is 572. The van der Waals surface area contributed by atoms with E-state index in [1.165, 1.54) is 4.90 Å². The number of likely N-dealkylation sites (tertiary alicyclic amines) is 1. The molecule has 3 aliphatic rings. The summed E-state index contributed by atoms with van der Waals surface area (Å²) in [4.78, 5) is 28.3. The second-order valence-corrected chi connectivity index (χ2v) is 9.50. The minimum absolute atomic E-state index is 0.0412. The first-order chi connectivity index (χ1) is 13.7. The van der Waals surface area contributed by atoms with Crippen LogP contribution < -0.4 is 0 Å². The van der Waals surface area contributed by atoms with Crippen molar-refractivity contribution in [3.05, 3.63) is 0 Å². The summed E-state index contributed by atoms with van der Waals surface area (Å²) in [5.41, 5.74) is -0.659. The van der Waals surface area contributed by atoms with Gasteiger partial charge in [-0.1, -0.05) is 0 Å². The molecular formula is C21H36N2O6. The van der Waals surface area contributed by atoms with Crippen molar-refractivity contribution in [3.63, 3.8) is 0 Å². The molecule has 0 bridgehead atoms. The lowest BCUT2D eigenvalue weighted by Gasteiger charge is -2.28. The van der Waals surface area contributed by atoms with Crippen LogP contribution >= 0.6 is 0 Å². The summed E-state index contributed by atoms with van der Waals surface area (Å²) in [7, 11) is 0. The van der Waals surface area contributed by atoms with Crippen LogP contribution in [0.15, 0.2) is 0 Å². The lowest BCUT2D eigenvalue weighted by molar-refractivity contribution is -0.146. The zero-order chi connectivity index (χ0) is 21.0. The van der Waals surface area contributed by atoms with Gasteiger partial charge in [-0.2, -0.15) is 0 Å². The number of fused-ring (bicyclic) bond motifs is 1. The number of amides is 1. The molecule has 0 aromatic heterocycles. The third-order valence-electron chi connectivity index (χ3n) is 6.09. The van der Waals surface area contributed by atoms with E-state index >= 15 is 0 Å². The second-order valence-electron chi connectivity index (χ2n) is 9.50. The van der Waals surface area contributed by atoms with Gasteiger partial charge in [0.25, 0.3) is 0 Å². The largest absolute Gasteiger partial charge is 0.480 e. The number of nitrogens with zero attached hydrogens (tertiary/aromatic N) is 2. The Hall–Kier alpha value is -1.38. The number of hydrogen-bond acceptors (Lipinski definition) is 6. The average Bonchev–Trinajstić information content (AvgIpc) is 2.88. The molecule has 1 N–H and O–H groups in total. The van der Waals surface area contributed by atoms with Gasteiger partial charge in [-0.25, -0.2) is 9.59 Å². The number of ether oxygens (including phenoxy) is 3. The summed E-state index contributed by atoms with van der Waals surface area (Å²) in [5, 5.41) is 9.77. The molecule has 8 heteroatoms. The van der Waals surface area contributed by atoms with Crippen LogP contribution in [-0.4, -0.2) is 90.7 Å². The molecule has 166 valence electrons. The molecule has 1 amide bonds. The van der Waals surface area contributed by atoms with Crippen molar-refractivity contribution in [3.8, 4) is 0 Å². The van der Waals surface area contributed by atoms with Crippen LogP contribution in [0.2, 0.25) is 0 Å². The van der Waals surface area contributed by atoms with E-state index in [4.69, 9.17) is 14.2 Å². The Labute approximate surface area is 173 Å². The second kappa shape index (κ2) is 9.62. The number of rotatable bonds is 5. The van der Waals surface area contributed by atoms with E-state index in [1.54, 1.807) is 20.8 Å². The average molecular weight is 413 g/mol. The number of hydrogen-bond donors (Lipinski definition) is 1. The predicted molar refractivity (Wildman–Crippen MR) is 107 cm³/mol. The molecule has 8 nitrogen and oxygen atoms in total. The lowest BCUT2D eigenvalue weighted by atomic mass is 9.87. The molecule has 0 aromatic rings. The minimum Gasteiger partial charge on any atom is -0.480 e. The monoisotopic (exact) mass is 412 g/mol. The molecule has 0 aromatic carbocycles. The van der Waals surface area contributed by atoms with Crippen molar-refractivity contribution in [2.24, 2.45) is 11.8 Å². The first-order valence-electron chi connectivity index (χ1n) is 10.9. The fourth-order valence-electron chi connectivity index (χ4n) is 4.73. The fourth-order valence-corrected chi connectivity index (χ4v) is 4.73. The number of morpholine rings is 1. The van der Waals surface area contributed by atoms with Crippen molar-refractivity contribution >= 4 is 12.1 Å². The van der Waals surface area contributed by atoms with Crippen molar-refractivity contribution in [1.82, 2.24) is 9.80 Å². The van der Waals surface area contributed by atoms with Gasteiger partial charge in [-0.3, -0.25) is 9.80 Å². The molecule has 29 heavy (non-hydrogen) atoms. The van der Waals surface area contributed by atoms with E-state index in [-0.39, 0.29) is 5.92 Å². The van der Waals surface area contributed by atoms with Gasteiger partial charge < -0.3 is 19.3 Å². The van der Waals surface area contributed by atoms with Crippen LogP contribution in [0.25, 0.3) is 0 Å². The minimum atomic E-state index is -1.02. The summed E-state index contributed by atoms with van der Waals surface area (Å²) in [6.07, 6.45) is 3.06. The van der Waals surface area contributed by atoms with Gasteiger partial charge in [0.2, 0.25) is 0 Å². The summed E-state index contributed by atoms with van der Waals surface area (Å²) in [5.74, 6) is -0.479. The van der Waals surface area contributed by atoms with Crippen molar-refractivity contribution in [2.75, 3.05) is 46.0 Å². The quantitative estimate of drug-likeness (QED) is 0.741. The molecule has 0 aliphatic carbocycles. The maximum atomic E-state index is 12.6. The third-order valence-corrected chi connectivity index (χ3v) is 6.09. The van der Waals surface area contributed by atoms with E-state index in [9.17, 15) is 14.7 Å². The van der Waals surface area contributed by atoms with Gasteiger partial charge in [0.1, 0.15) is 5.60 Å². The molecule has 4 unspecified atom stereocenters. The van der Waals surface area contributed by atoms with Crippen LogP contribution in [-0.2, 0) is 19.0 Å². The fraction of sp³-hybridized carbons (Fsp3) is 0.905. The maximum Gasteiger partial charge on any atom is 0.411 e. The first-order valence-corrected chi connectivity index (χ1v) is 10.9. The molecule has 0 saturated carbocycles. The van der Waals surface area contributed by atoms with Crippen molar-refractivity contribution < 1.29 is 28.9 Å². The Morgan fingerprint density at radius 2 is 1.90 bits per heavy atom. The van der Waals surface area contributed by atoms with Gasteiger partial charge >= 0.3 is 12.1 Å². The summed E-state index contributed by atoms with van der Waals surface area (Å²) in [6, 6.07) is -0.970. The lowest BCUT2D eigenvalue weighted by Crippen LogP contribution is -2.47. The van der Waals surface area contributed by atoms with E-state index in [1.807, 2.05) is 0 Å². The molecule has 3 aliphatic heterocycles. The van der Waals surface area contributed by atoms with Gasteiger partial charge in [0.05, 0.1) is 19.3 Å². The number of carboxylic acids is 1. The first kappa shape index (κ1) is 22.3. The highest BCUT2D eigenvalue weighted by atomic mass is 16.6. The van der Waals surface area contributed by atoms with E-state index in [2.05, 4.69) is 4.90 Å². The smallest absolute Gasteiger partial charge is 0.411 e. The highest BCUT2D eigenvalue weighted by Gasteiger charge is 2.51. The van der Waals surface area contributed by atoms with Gasteiger partial charge in [-0.05, 0) is 58.9 Å². The SMILES string of the molecule is CC(C)(C)OC(=O)N1CC2CC(CCCN3CCOCC3)CCOC2C1C(=O)O. The van der Waals surface area contributed by atoms with Gasteiger partial charge in [0.15, 0.2) is 6.04 Å². The standard InChI is InChI=1S/C21H36N2O6/c1-21(2,3)29-20(26)23-14-16-13-15(5-4-7-22-8-11-27-12-9-22)6-10-28-18(16)17(23)19(24)25/h15-18H,4-14H2,1-3H3,(H,24,25). The van der Waals surface area contributed by atoms with E-state index in [0.29, 0.717) is 19.1 Å². The van der Waals surface area contributed by atoms with E-state index < -0.39 is 29.8 Å². The third kappa shape index (κ3) is 6.06. The molecular weight excluding hydrogens is 376 g/mol. The zero-order valence-corrected chi connectivity index (χ0v) is 18.0. The van der Waals surface area contributed by atoms with Crippen LogP contribution in [0, 0.1) is 11.8 Å². The number of carbonyl (C=O) groups is 2. The molecule has 3 rings (SSSR count). The Kier molecular flexibility index (Phi) is 7.40. The van der Waals surface area contributed by atoms with E-state index in [0.717, 1.165) is 58.5 Å². The highest BCUT2D eigenvalue weighted by Crippen LogP contribution is 2.37. The molecule has 3 fully saturated rings. The highest BCUT2D eigenvalue weighted by molar-refractivity contribution is 5.81. The molecule has 0 spiro atoms. The zero-order valence-electron chi connectivity index (χ0n) is 18.0. The normalized spacial score (nSPS) is 31.2. The van der Waals surface area contributed by atoms with Gasteiger partial charge in [0, 0.05) is 32.2 Å². The topological polar surface area (TPSA) is 88.5 Å². The Morgan fingerprint density at radius 1 is 1.17 bits per heavy atom. The molecule has 3 saturated heterocycles. The predicted octanol–water partition coefficient (Wildman–Crippen LogP) is 2.21. The number of carbonyl (C=O) groups excluding carboxylic acids is 1. The Balaban J connectivity index is 1.57. The van der Waals surface area contributed by atoms with Crippen molar-refractivity contribution in [2.45, 2.75) is 64.2 Å². The van der Waals surface area contributed by atoms with Crippen LogP contribution in [0.3, 0.4) is 0 Å². The van der Waals surface area contributed by atoms with Gasteiger partial charge in [-0.15, -0.1) is 0 Å². The Morgan fingerprint density at radius 3 is 2.55 bits per heavy atom. The number of carboxylic acid groups (broad SMARTS) is 1. The van der Waals surface area contributed by atoms with Crippen LogP contribution in [0.1, 0.15) is 46.5 Å². The maximum absolute atomic E-state index is 12.6. The summed E-state index contributed by atoms with van der Waals surface area (Å²) in [6.45, 7) is 11.0. The molecule has 0 radical (unpaired) electrons. The molecule has 4 atom stereocenters. The van der Waals surface area contributed by atoms with Crippen LogP contribution in [0.5, 0.6) is 0 Å². The van der Waals surface area contributed by atoms with Crippen molar-refractivity contribution in [1.29, 1.82) is 0 Å². The van der Waals surface area contributed by atoms with Crippen LogP contribution in [0.4, 0.5) is 4.79 Å². The molecule has 3 heterocycles. The summed E-state index contributed by atoms with van der Waals surface area (Å²) < 4.78 is 16.8. The summed E-state index contributed by atoms with van der Waals surface area (Å²) >= 11 is 0.